The minimum absolute atomic E-state index is 0.144. The van der Waals surface area contributed by atoms with Gasteiger partial charge in [0, 0.05) is 23.8 Å². The SMILES string of the molecule is O=C(Cl)n1[nH]c(=O)cc1-c1cccc([N+](=O)[O-])c1. The second-order valence-electron chi connectivity index (χ2n) is 3.40. The molecular weight excluding hydrogens is 262 g/mol. The molecule has 7 nitrogen and oxygen atoms in total. The molecule has 0 amide bonds. The van der Waals surface area contributed by atoms with Crippen molar-refractivity contribution in [2.24, 2.45) is 0 Å². The van der Waals surface area contributed by atoms with Crippen LogP contribution in [0, 0.1) is 10.1 Å². The van der Waals surface area contributed by atoms with Gasteiger partial charge in [-0.05, 0) is 11.6 Å². The van der Waals surface area contributed by atoms with Crippen LogP contribution in [0.1, 0.15) is 0 Å². The van der Waals surface area contributed by atoms with Crippen LogP contribution in [0.5, 0.6) is 0 Å². The summed E-state index contributed by atoms with van der Waals surface area (Å²) in [6.07, 6.45) is 0. The number of aromatic nitrogens is 2. The molecule has 2 aromatic rings. The third kappa shape index (κ3) is 2.16. The van der Waals surface area contributed by atoms with Gasteiger partial charge in [-0.1, -0.05) is 12.1 Å². The number of hydrogen-bond donors (Lipinski definition) is 1. The number of carbonyl (C=O) groups excluding carboxylic acids is 1. The molecule has 92 valence electrons. The van der Waals surface area contributed by atoms with Crippen molar-refractivity contribution >= 4 is 22.7 Å². The van der Waals surface area contributed by atoms with E-state index in [4.69, 9.17) is 11.6 Å². The Morgan fingerprint density at radius 2 is 2.11 bits per heavy atom. The van der Waals surface area contributed by atoms with Crippen LogP contribution in [0.2, 0.25) is 0 Å². The van der Waals surface area contributed by atoms with Gasteiger partial charge in [-0.15, -0.1) is 0 Å². The molecule has 1 aromatic heterocycles. The molecule has 0 aliphatic rings. The normalized spacial score (nSPS) is 10.3. The molecule has 0 atom stereocenters. The van der Waals surface area contributed by atoms with Crippen LogP contribution in [-0.2, 0) is 0 Å². The third-order valence-electron chi connectivity index (χ3n) is 2.26. The molecule has 0 spiro atoms. The summed E-state index contributed by atoms with van der Waals surface area (Å²) in [6.45, 7) is 0. The maximum Gasteiger partial charge on any atom is 0.339 e. The molecule has 0 aliphatic carbocycles. The topological polar surface area (TPSA) is 98.0 Å². The van der Waals surface area contributed by atoms with Gasteiger partial charge < -0.3 is 0 Å². The first-order valence-electron chi connectivity index (χ1n) is 4.76. The van der Waals surface area contributed by atoms with Gasteiger partial charge >= 0.3 is 5.37 Å². The van der Waals surface area contributed by atoms with Gasteiger partial charge in [-0.25, -0.2) is 4.68 Å². The monoisotopic (exact) mass is 267 g/mol. The van der Waals surface area contributed by atoms with Crippen LogP contribution >= 0.6 is 11.6 Å². The zero-order valence-electron chi connectivity index (χ0n) is 8.79. The van der Waals surface area contributed by atoms with Crippen molar-refractivity contribution in [3.05, 3.63) is 50.8 Å². The zero-order valence-corrected chi connectivity index (χ0v) is 9.55. The Morgan fingerprint density at radius 3 is 2.72 bits per heavy atom. The number of nitrogens with one attached hydrogen (secondary N) is 1. The van der Waals surface area contributed by atoms with Crippen molar-refractivity contribution in [3.63, 3.8) is 0 Å². The predicted octanol–water partition coefficient (Wildman–Crippen LogP) is 1.96. The minimum Gasteiger partial charge on any atom is -0.268 e. The fourth-order valence-electron chi connectivity index (χ4n) is 1.52. The standard InChI is InChI=1S/C10H6ClN3O4/c11-10(16)13-8(5-9(15)12-13)6-2-1-3-7(4-6)14(17)18/h1-5H,(H,12,15). The summed E-state index contributed by atoms with van der Waals surface area (Å²) in [4.78, 5) is 32.4. The van der Waals surface area contributed by atoms with Crippen LogP contribution in [0.4, 0.5) is 10.5 Å². The molecule has 0 bridgehead atoms. The Balaban J connectivity index is 2.61. The summed E-state index contributed by atoms with van der Waals surface area (Å²) in [5, 5.41) is 11.9. The molecule has 1 N–H and O–H groups in total. The lowest BCUT2D eigenvalue weighted by Gasteiger charge is -2.02. The van der Waals surface area contributed by atoms with Gasteiger partial charge in [0.25, 0.3) is 11.2 Å². The van der Waals surface area contributed by atoms with Crippen molar-refractivity contribution in [1.29, 1.82) is 0 Å². The minimum atomic E-state index is -0.904. The fraction of sp³-hybridized carbons (Fsp3) is 0. The molecule has 0 saturated carbocycles. The average molecular weight is 268 g/mol. The number of non-ortho nitro benzene ring substituents is 1. The van der Waals surface area contributed by atoms with Crippen molar-refractivity contribution in [2.45, 2.75) is 0 Å². The highest BCUT2D eigenvalue weighted by Crippen LogP contribution is 2.22. The number of H-pyrrole nitrogens is 1. The summed E-state index contributed by atoms with van der Waals surface area (Å²) >= 11 is 5.29. The number of nitrogens with zero attached hydrogens (tertiary/aromatic N) is 2. The molecule has 0 fully saturated rings. The van der Waals surface area contributed by atoms with Gasteiger partial charge in [0.1, 0.15) is 0 Å². The summed E-state index contributed by atoms with van der Waals surface area (Å²) in [6, 6.07) is 6.68. The fourth-order valence-corrected chi connectivity index (χ4v) is 1.65. The first-order chi connectivity index (χ1) is 8.49. The van der Waals surface area contributed by atoms with E-state index < -0.39 is 15.8 Å². The van der Waals surface area contributed by atoms with E-state index in [0.29, 0.717) is 5.56 Å². The second kappa shape index (κ2) is 4.46. The Labute approximate surface area is 105 Å². The van der Waals surface area contributed by atoms with E-state index in [1.807, 2.05) is 0 Å². The highest BCUT2D eigenvalue weighted by molar-refractivity contribution is 6.63. The lowest BCUT2D eigenvalue weighted by atomic mass is 10.1. The molecule has 18 heavy (non-hydrogen) atoms. The number of benzene rings is 1. The molecule has 1 aromatic carbocycles. The molecule has 0 saturated heterocycles. The predicted molar refractivity (Wildman–Crippen MR) is 63.8 cm³/mol. The van der Waals surface area contributed by atoms with Crippen molar-refractivity contribution < 1.29 is 9.72 Å². The largest absolute Gasteiger partial charge is 0.339 e. The number of carbonyl (C=O) groups is 1. The van der Waals surface area contributed by atoms with Crippen LogP contribution in [-0.4, -0.2) is 20.1 Å². The first-order valence-corrected chi connectivity index (χ1v) is 5.13. The highest BCUT2D eigenvalue weighted by atomic mass is 35.5. The van der Waals surface area contributed by atoms with Crippen LogP contribution in [0.25, 0.3) is 11.3 Å². The van der Waals surface area contributed by atoms with Gasteiger partial charge in [-0.2, -0.15) is 0 Å². The van der Waals surface area contributed by atoms with Gasteiger partial charge in [0.2, 0.25) is 0 Å². The van der Waals surface area contributed by atoms with E-state index >= 15 is 0 Å². The Hall–Kier alpha value is -2.41. The molecule has 0 radical (unpaired) electrons. The van der Waals surface area contributed by atoms with Crippen molar-refractivity contribution in [3.8, 4) is 11.3 Å². The number of halogens is 1. The maximum absolute atomic E-state index is 11.2. The van der Waals surface area contributed by atoms with Gasteiger partial charge in [0.15, 0.2) is 0 Å². The zero-order chi connectivity index (χ0) is 13.3. The summed E-state index contributed by atoms with van der Waals surface area (Å²) in [7, 11) is 0. The number of nitro groups is 1. The number of hydrogen-bond acceptors (Lipinski definition) is 4. The number of rotatable bonds is 2. The molecule has 8 heteroatoms. The van der Waals surface area contributed by atoms with E-state index in [0.717, 1.165) is 10.7 Å². The summed E-state index contributed by atoms with van der Waals surface area (Å²) in [5.74, 6) is 0. The molecule has 0 aliphatic heterocycles. The van der Waals surface area contributed by atoms with Gasteiger partial charge in [-0.3, -0.25) is 24.8 Å². The highest BCUT2D eigenvalue weighted by Gasteiger charge is 2.14. The molecular formula is C10H6ClN3O4. The Morgan fingerprint density at radius 1 is 1.39 bits per heavy atom. The van der Waals surface area contributed by atoms with E-state index in [9.17, 15) is 19.7 Å². The Bertz CT molecular complexity index is 688. The van der Waals surface area contributed by atoms with Crippen LogP contribution in [0.3, 0.4) is 0 Å². The van der Waals surface area contributed by atoms with Gasteiger partial charge in [0.05, 0.1) is 10.6 Å². The Kier molecular flexibility index (Phi) is 2.99. The smallest absolute Gasteiger partial charge is 0.268 e. The first kappa shape index (κ1) is 12.1. The quantitative estimate of drug-likeness (QED) is 0.511. The van der Waals surface area contributed by atoms with E-state index in [2.05, 4.69) is 5.10 Å². The second-order valence-corrected chi connectivity index (χ2v) is 3.72. The lowest BCUT2D eigenvalue weighted by molar-refractivity contribution is -0.384. The molecule has 1 heterocycles. The van der Waals surface area contributed by atoms with Crippen molar-refractivity contribution in [1.82, 2.24) is 9.78 Å². The summed E-state index contributed by atoms with van der Waals surface area (Å²) < 4.78 is 0.822. The number of nitro benzene ring substituents is 1. The number of aromatic amines is 1. The van der Waals surface area contributed by atoms with Crippen molar-refractivity contribution in [2.75, 3.05) is 0 Å². The van der Waals surface area contributed by atoms with E-state index in [-0.39, 0.29) is 11.4 Å². The van der Waals surface area contributed by atoms with Crippen LogP contribution < -0.4 is 5.56 Å². The summed E-state index contributed by atoms with van der Waals surface area (Å²) in [5.41, 5.74) is -0.152. The average Bonchev–Trinajstić information content (AvgIpc) is 2.72. The maximum atomic E-state index is 11.2. The third-order valence-corrected chi connectivity index (χ3v) is 2.43. The lowest BCUT2D eigenvalue weighted by Crippen LogP contribution is -2.09. The van der Waals surface area contributed by atoms with E-state index in [1.54, 1.807) is 0 Å². The van der Waals surface area contributed by atoms with Crippen LogP contribution in [0.15, 0.2) is 35.1 Å². The molecule has 2 rings (SSSR count). The molecule has 0 unspecified atom stereocenters. The van der Waals surface area contributed by atoms with E-state index in [1.165, 1.54) is 24.3 Å².